The lowest BCUT2D eigenvalue weighted by Gasteiger charge is -2.38. The molecule has 0 saturated carbocycles. The van der Waals surface area contributed by atoms with Gasteiger partial charge in [0.25, 0.3) is 0 Å². The van der Waals surface area contributed by atoms with E-state index in [2.05, 4.69) is 34.3 Å². The number of carbonyl (C=O) groups is 1. The standard InChI is InChI=1S/C18H15Cl2N3OS/c1-10-5-6-13-15(7-10)25-18(22-13)23-8-11(9-23)17(24)21-14-4-2-3-12(19)16(14)20/h2-7,11H,8-9H2,1H3,(H,21,24). The maximum absolute atomic E-state index is 12.4. The number of amides is 1. The Hall–Kier alpha value is -1.82. The van der Waals surface area contributed by atoms with Gasteiger partial charge in [-0.2, -0.15) is 0 Å². The van der Waals surface area contributed by atoms with Gasteiger partial charge in [-0.05, 0) is 36.8 Å². The highest BCUT2D eigenvalue weighted by Crippen LogP contribution is 2.34. The van der Waals surface area contributed by atoms with E-state index in [1.54, 1.807) is 29.5 Å². The van der Waals surface area contributed by atoms with Gasteiger partial charge in [-0.1, -0.05) is 46.7 Å². The number of benzene rings is 2. The Morgan fingerprint density at radius 2 is 2.08 bits per heavy atom. The van der Waals surface area contributed by atoms with E-state index in [1.165, 1.54) is 10.3 Å². The molecule has 7 heteroatoms. The first-order chi connectivity index (χ1) is 12.0. The van der Waals surface area contributed by atoms with Gasteiger partial charge >= 0.3 is 0 Å². The summed E-state index contributed by atoms with van der Waals surface area (Å²) in [5, 5.41) is 4.62. The smallest absolute Gasteiger partial charge is 0.231 e. The van der Waals surface area contributed by atoms with Crippen molar-refractivity contribution in [2.45, 2.75) is 6.92 Å². The fourth-order valence-corrected chi connectivity index (χ4v) is 4.22. The summed E-state index contributed by atoms with van der Waals surface area (Å²) in [4.78, 5) is 19.2. The Morgan fingerprint density at radius 3 is 2.88 bits per heavy atom. The molecule has 0 radical (unpaired) electrons. The lowest BCUT2D eigenvalue weighted by atomic mass is 10.00. The minimum atomic E-state index is -0.0798. The number of rotatable bonds is 3. The van der Waals surface area contributed by atoms with Crippen LogP contribution in [0.3, 0.4) is 0 Å². The molecular weight excluding hydrogens is 377 g/mol. The maximum atomic E-state index is 12.4. The highest BCUT2D eigenvalue weighted by molar-refractivity contribution is 7.22. The molecule has 0 unspecified atom stereocenters. The summed E-state index contributed by atoms with van der Waals surface area (Å²) in [5.41, 5.74) is 2.78. The van der Waals surface area contributed by atoms with Crippen molar-refractivity contribution in [3.63, 3.8) is 0 Å². The van der Waals surface area contributed by atoms with E-state index in [4.69, 9.17) is 23.2 Å². The van der Waals surface area contributed by atoms with E-state index in [9.17, 15) is 4.79 Å². The Bertz CT molecular complexity index is 966. The number of halogens is 2. The molecule has 1 saturated heterocycles. The summed E-state index contributed by atoms with van der Waals surface area (Å²) in [7, 11) is 0. The summed E-state index contributed by atoms with van der Waals surface area (Å²) in [6, 6.07) is 11.4. The molecule has 0 aliphatic carbocycles. The van der Waals surface area contributed by atoms with Crippen molar-refractivity contribution >= 4 is 61.5 Å². The van der Waals surface area contributed by atoms with Crippen molar-refractivity contribution in [2.75, 3.05) is 23.3 Å². The van der Waals surface area contributed by atoms with Crippen LogP contribution in [0.4, 0.5) is 10.8 Å². The topological polar surface area (TPSA) is 45.2 Å². The first-order valence-electron chi connectivity index (χ1n) is 7.88. The zero-order valence-electron chi connectivity index (χ0n) is 13.4. The summed E-state index contributed by atoms with van der Waals surface area (Å²) in [5.74, 6) is -0.124. The molecule has 1 aromatic heterocycles. The van der Waals surface area contributed by atoms with Crippen molar-refractivity contribution in [2.24, 2.45) is 5.92 Å². The second kappa shape index (κ2) is 6.48. The number of fused-ring (bicyclic) bond motifs is 1. The van der Waals surface area contributed by atoms with Crippen LogP contribution in [-0.4, -0.2) is 24.0 Å². The molecule has 1 fully saturated rings. The average Bonchev–Trinajstić information content (AvgIpc) is 2.92. The van der Waals surface area contributed by atoms with Crippen LogP contribution >= 0.6 is 34.5 Å². The molecule has 25 heavy (non-hydrogen) atoms. The number of hydrogen-bond acceptors (Lipinski definition) is 4. The summed E-state index contributed by atoms with van der Waals surface area (Å²) >= 11 is 13.8. The van der Waals surface area contributed by atoms with Gasteiger partial charge in [0, 0.05) is 13.1 Å². The van der Waals surface area contributed by atoms with Crippen LogP contribution in [0.15, 0.2) is 36.4 Å². The Balaban J connectivity index is 1.42. The molecule has 4 rings (SSSR count). The number of anilines is 2. The van der Waals surface area contributed by atoms with E-state index in [0.717, 1.165) is 10.6 Å². The van der Waals surface area contributed by atoms with E-state index < -0.39 is 0 Å². The Morgan fingerprint density at radius 1 is 1.28 bits per heavy atom. The van der Waals surface area contributed by atoms with Crippen LogP contribution in [0.2, 0.25) is 10.0 Å². The first kappa shape index (κ1) is 16.6. The second-order valence-corrected chi connectivity index (χ2v) is 7.95. The van der Waals surface area contributed by atoms with Crippen LogP contribution in [0.1, 0.15) is 5.56 Å². The highest BCUT2D eigenvalue weighted by Gasteiger charge is 2.34. The monoisotopic (exact) mass is 391 g/mol. The lowest BCUT2D eigenvalue weighted by molar-refractivity contribution is -0.120. The van der Waals surface area contributed by atoms with Crippen molar-refractivity contribution in [3.05, 3.63) is 52.0 Å². The maximum Gasteiger partial charge on any atom is 0.231 e. The van der Waals surface area contributed by atoms with Crippen molar-refractivity contribution in [3.8, 4) is 0 Å². The molecule has 0 spiro atoms. The quantitative estimate of drug-likeness (QED) is 0.683. The molecule has 2 heterocycles. The summed E-state index contributed by atoms with van der Waals surface area (Å²) in [6.45, 7) is 3.38. The van der Waals surface area contributed by atoms with E-state index >= 15 is 0 Å². The summed E-state index contributed by atoms with van der Waals surface area (Å²) in [6.07, 6.45) is 0. The van der Waals surface area contributed by atoms with Gasteiger partial charge in [0.2, 0.25) is 5.91 Å². The molecule has 1 N–H and O–H groups in total. The molecule has 1 aliphatic rings. The van der Waals surface area contributed by atoms with Crippen LogP contribution < -0.4 is 10.2 Å². The zero-order chi connectivity index (χ0) is 17.6. The third-order valence-corrected chi connectivity index (χ3v) is 6.16. The van der Waals surface area contributed by atoms with Gasteiger partial charge in [-0.15, -0.1) is 0 Å². The van der Waals surface area contributed by atoms with Crippen molar-refractivity contribution < 1.29 is 4.79 Å². The predicted molar refractivity (Wildman–Crippen MR) is 105 cm³/mol. The molecule has 1 aliphatic heterocycles. The number of hydrogen-bond donors (Lipinski definition) is 1. The fraction of sp³-hybridized carbons (Fsp3) is 0.222. The predicted octanol–water partition coefficient (Wildman–Crippen LogP) is 4.99. The minimum Gasteiger partial charge on any atom is -0.346 e. The van der Waals surface area contributed by atoms with Gasteiger partial charge in [-0.3, -0.25) is 4.79 Å². The highest BCUT2D eigenvalue weighted by atomic mass is 35.5. The van der Waals surface area contributed by atoms with Gasteiger partial charge in [0.05, 0.1) is 31.9 Å². The van der Waals surface area contributed by atoms with Crippen LogP contribution in [0.25, 0.3) is 10.2 Å². The van der Waals surface area contributed by atoms with Gasteiger partial charge in [-0.25, -0.2) is 4.98 Å². The second-order valence-electron chi connectivity index (χ2n) is 6.16. The molecule has 4 nitrogen and oxygen atoms in total. The molecule has 2 aromatic carbocycles. The van der Waals surface area contributed by atoms with Gasteiger partial charge in [0.15, 0.2) is 5.13 Å². The van der Waals surface area contributed by atoms with E-state index in [-0.39, 0.29) is 11.8 Å². The number of nitrogens with one attached hydrogen (secondary N) is 1. The largest absolute Gasteiger partial charge is 0.346 e. The van der Waals surface area contributed by atoms with Crippen LogP contribution in [-0.2, 0) is 4.79 Å². The summed E-state index contributed by atoms with van der Waals surface area (Å²) < 4.78 is 1.17. The minimum absolute atomic E-state index is 0.0441. The van der Waals surface area contributed by atoms with Gasteiger partial charge in [0.1, 0.15) is 0 Å². The number of nitrogens with zero attached hydrogens (tertiary/aromatic N) is 2. The molecule has 3 aromatic rings. The number of thiazole rings is 1. The number of carbonyl (C=O) groups excluding carboxylic acids is 1. The Kier molecular flexibility index (Phi) is 4.31. The van der Waals surface area contributed by atoms with Gasteiger partial charge < -0.3 is 10.2 Å². The van der Waals surface area contributed by atoms with E-state index in [1.807, 2.05) is 6.07 Å². The number of aromatic nitrogens is 1. The van der Waals surface area contributed by atoms with Crippen LogP contribution in [0.5, 0.6) is 0 Å². The third-order valence-electron chi connectivity index (χ3n) is 4.26. The molecule has 0 bridgehead atoms. The van der Waals surface area contributed by atoms with E-state index in [0.29, 0.717) is 28.8 Å². The number of aryl methyl sites for hydroxylation is 1. The van der Waals surface area contributed by atoms with Crippen molar-refractivity contribution in [1.82, 2.24) is 4.98 Å². The van der Waals surface area contributed by atoms with Crippen LogP contribution in [0, 0.1) is 12.8 Å². The zero-order valence-corrected chi connectivity index (χ0v) is 15.8. The lowest BCUT2D eigenvalue weighted by Crippen LogP contribution is -2.52. The third kappa shape index (κ3) is 3.19. The molecule has 128 valence electrons. The molecular formula is C18H15Cl2N3OS. The fourth-order valence-electron chi connectivity index (χ4n) is 2.79. The molecule has 0 atom stereocenters. The SMILES string of the molecule is Cc1ccc2nc(N3CC(C(=O)Nc4cccc(Cl)c4Cl)C3)sc2c1. The first-order valence-corrected chi connectivity index (χ1v) is 9.45. The molecule has 1 amide bonds. The Labute approximate surface area is 159 Å². The van der Waals surface area contributed by atoms with Crippen molar-refractivity contribution in [1.29, 1.82) is 0 Å². The normalized spacial score (nSPS) is 14.6. The average molecular weight is 392 g/mol.